The second kappa shape index (κ2) is 8.89. The summed E-state index contributed by atoms with van der Waals surface area (Å²) in [5.74, 6) is 1.01. The molecule has 23 heavy (non-hydrogen) atoms. The molecule has 128 valence electrons. The molecule has 0 radical (unpaired) electrons. The van der Waals surface area contributed by atoms with E-state index < -0.39 is 0 Å². The molecule has 5 nitrogen and oxygen atoms in total. The predicted octanol–water partition coefficient (Wildman–Crippen LogP) is 1.76. The van der Waals surface area contributed by atoms with Crippen LogP contribution in [0.2, 0.25) is 0 Å². The van der Waals surface area contributed by atoms with Crippen LogP contribution in [0.5, 0.6) is 5.75 Å². The van der Waals surface area contributed by atoms with E-state index in [0.29, 0.717) is 19.8 Å². The summed E-state index contributed by atoms with van der Waals surface area (Å²) in [5, 5.41) is 6.40. The molecule has 1 aromatic carbocycles. The molecule has 0 spiro atoms. The third-order valence-corrected chi connectivity index (χ3v) is 4.42. The van der Waals surface area contributed by atoms with Crippen LogP contribution in [-0.4, -0.2) is 45.9 Å². The molecular weight excluding hydrogens is 292 g/mol. The molecule has 2 N–H and O–H groups in total. The van der Waals surface area contributed by atoms with Gasteiger partial charge in [-0.05, 0) is 50.9 Å². The number of nitrogens with one attached hydrogen (secondary N) is 2. The molecule has 0 aliphatic carbocycles. The van der Waals surface area contributed by atoms with Crippen molar-refractivity contribution >= 4 is 5.91 Å². The molecule has 1 aliphatic rings. The van der Waals surface area contributed by atoms with Crippen LogP contribution in [0, 0.1) is 5.41 Å². The van der Waals surface area contributed by atoms with Crippen molar-refractivity contribution in [2.24, 2.45) is 5.41 Å². The molecule has 1 amide bonds. The van der Waals surface area contributed by atoms with Crippen molar-refractivity contribution in [1.82, 2.24) is 10.6 Å². The number of amides is 1. The number of benzene rings is 1. The highest BCUT2D eigenvalue weighted by Gasteiger charge is 2.39. The van der Waals surface area contributed by atoms with Gasteiger partial charge < -0.3 is 20.1 Å². The van der Waals surface area contributed by atoms with Crippen molar-refractivity contribution in [2.75, 3.05) is 40.0 Å². The van der Waals surface area contributed by atoms with Crippen LogP contribution in [0.4, 0.5) is 0 Å². The lowest BCUT2D eigenvalue weighted by molar-refractivity contribution is -0.136. The predicted molar refractivity (Wildman–Crippen MR) is 90.7 cm³/mol. The Morgan fingerprint density at radius 2 is 2.04 bits per heavy atom. The lowest BCUT2D eigenvalue weighted by Gasteiger charge is -2.35. The van der Waals surface area contributed by atoms with Crippen LogP contribution in [0.1, 0.15) is 25.3 Å². The summed E-state index contributed by atoms with van der Waals surface area (Å²) in [4.78, 5) is 12.7. The fraction of sp³-hybridized carbons (Fsp3) is 0.611. The van der Waals surface area contributed by atoms with E-state index in [4.69, 9.17) is 9.47 Å². The average molecular weight is 320 g/mol. The normalized spacial score (nSPS) is 16.8. The van der Waals surface area contributed by atoms with Crippen molar-refractivity contribution in [3.05, 3.63) is 29.8 Å². The summed E-state index contributed by atoms with van der Waals surface area (Å²) in [7, 11) is 1.66. The minimum absolute atomic E-state index is 0.106. The van der Waals surface area contributed by atoms with Crippen LogP contribution < -0.4 is 15.4 Å². The zero-order valence-corrected chi connectivity index (χ0v) is 14.2. The molecule has 1 fully saturated rings. The quantitative estimate of drug-likeness (QED) is 0.766. The molecule has 0 bridgehead atoms. The van der Waals surface area contributed by atoms with Crippen molar-refractivity contribution in [3.63, 3.8) is 0 Å². The summed E-state index contributed by atoms with van der Waals surface area (Å²) < 4.78 is 10.9. The van der Waals surface area contributed by atoms with Gasteiger partial charge in [0.15, 0.2) is 0 Å². The Morgan fingerprint density at radius 3 is 2.74 bits per heavy atom. The van der Waals surface area contributed by atoms with E-state index >= 15 is 0 Å². The van der Waals surface area contributed by atoms with Gasteiger partial charge in [-0.3, -0.25) is 4.79 Å². The van der Waals surface area contributed by atoms with Gasteiger partial charge in [-0.1, -0.05) is 18.2 Å². The van der Waals surface area contributed by atoms with E-state index in [9.17, 15) is 4.79 Å². The maximum atomic E-state index is 12.7. The van der Waals surface area contributed by atoms with Gasteiger partial charge in [-0.2, -0.15) is 0 Å². The Morgan fingerprint density at radius 1 is 1.30 bits per heavy atom. The largest absolute Gasteiger partial charge is 0.494 e. The number of para-hydroxylation sites is 1. The van der Waals surface area contributed by atoms with Gasteiger partial charge in [0.05, 0.1) is 18.6 Å². The topological polar surface area (TPSA) is 59.6 Å². The monoisotopic (exact) mass is 320 g/mol. The lowest BCUT2D eigenvalue weighted by Crippen LogP contribution is -2.50. The number of carbonyl (C=O) groups is 1. The highest BCUT2D eigenvalue weighted by Crippen LogP contribution is 2.29. The molecule has 1 aromatic rings. The molecule has 1 heterocycles. The minimum atomic E-state index is -0.389. The van der Waals surface area contributed by atoms with Crippen LogP contribution in [0.3, 0.4) is 0 Å². The Balaban J connectivity index is 1.91. The average Bonchev–Trinajstić information content (AvgIpc) is 2.57. The summed E-state index contributed by atoms with van der Waals surface area (Å²) in [5.41, 5.74) is 0.736. The van der Waals surface area contributed by atoms with E-state index in [1.54, 1.807) is 7.11 Å². The summed E-state index contributed by atoms with van der Waals surface area (Å²) >= 11 is 0. The van der Waals surface area contributed by atoms with Gasteiger partial charge in [-0.25, -0.2) is 0 Å². The first-order chi connectivity index (χ1) is 11.2. The van der Waals surface area contributed by atoms with Crippen LogP contribution in [0.25, 0.3) is 0 Å². The molecule has 1 aliphatic heterocycles. The molecule has 0 unspecified atom stereocenters. The van der Waals surface area contributed by atoms with Gasteiger partial charge >= 0.3 is 0 Å². The second-order valence-corrected chi connectivity index (χ2v) is 6.01. The van der Waals surface area contributed by atoms with Gasteiger partial charge in [0.1, 0.15) is 5.75 Å². The number of methoxy groups -OCH3 is 1. The molecule has 0 saturated carbocycles. The van der Waals surface area contributed by atoms with Crippen molar-refractivity contribution in [1.29, 1.82) is 0 Å². The van der Waals surface area contributed by atoms with Crippen LogP contribution in [-0.2, 0) is 16.0 Å². The fourth-order valence-corrected chi connectivity index (χ4v) is 3.12. The van der Waals surface area contributed by atoms with Gasteiger partial charge in [0, 0.05) is 13.7 Å². The second-order valence-electron chi connectivity index (χ2n) is 6.01. The first kappa shape index (κ1) is 17.8. The minimum Gasteiger partial charge on any atom is -0.494 e. The molecule has 5 heteroatoms. The van der Waals surface area contributed by atoms with Crippen molar-refractivity contribution < 1.29 is 14.3 Å². The molecule has 0 aromatic heterocycles. The highest BCUT2D eigenvalue weighted by atomic mass is 16.5. The zero-order valence-electron chi connectivity index (χ0n) is 14.2. The first-order valence-corrected chi connectivity index (χ1v) is 8.40. The Labute approximate surface area is 138 Å². The third-order valence-electron chi connectivity index (χ3n) is 4.42. The SMILES string of the molecule is CCOc1ccccc1CCNC(=O)C1(COC)CCNCC1. The van der Waals surface area contributed by atoms with Crippen molar-refractivity contribution in [3.8, 4) is 5.75 Å². The summed E-state index contributed by atoms with van der Waals surface area (Å²) in [6, 6.07) is 7.99. The smallest absolute Gasteiger partial charge is 0.228 e. The number of carbonyl (C=O) groups excluding carboxylic acids is 1. The third kappa shape index (κ3) is 4.69. The van der Waals surface area contributed by atoms with Crippen LogP contribution in [0.15, 0.2) is 24.3 Å². The van der Waals surface area contributed by atoms with E-state index in [-0.39, 0.29) is 11.3 Å². The Hall–Kier alpha value is -1.59. The first-order valence-electron chi connectivity index (χ1n) is 8.40. The van der Waals surface area contributed by atoms with E-state index in [1.807, 2.05) is 31.2 Å². The number of hydrogen-bond acceptors (Lipinski definition) is 4. The standard InChI is InChI=1S/C18H28N2O3/c1-3-23-16-7-5-4-6-15(16)8-11-20-17(21)18(14-22-2)9-12-19-13-10-18/h4-7,19H,3,8-14H2,1-2H3,(H,20,21). The molecule has 0 atom stereocenters. The van der Waals surface area contributed by atoms with Crippen LogP contribution >= 0.6 is 0 Å². The molecular formula is C18H28N2O3. The van der Waals surface area contributed by atoms with Crippen molar-refractivity contribution in [2.45, 2.75) is 26.2 Å². The van der Waals surface area contributed by atoms with Gasteiger partial charge in [0.25, 0.3) is 0 Å². The van der Waals surface area contributed by atoms with E-state index in [2.05, 4.69) is 10.6 Å². The van der Waals surface area contributed by atoms with Gasteiger partial charge in [0.2, 0.25) is 5.91 Å². The maximum Gasteiger partial charge on any atom is 0.228 e. The number of piperidine rings is 1. The maximum absolute atomic E-state index is 12.7. The van der Waals surface area contributed by atoms with Gasteiger partial charge in [-0.15, -0.1) is 0 Å². The van der Waals surface area contributed by atoms with E-state index in [1.165, 1.54) is 0 Å². The Kier molecular flexibility index (Phi) is 6.86. The summed E-state index contributed by atoms with van der Waals surface area (Å²) in [6.07, 6.45) is 2.41. The highest BCUT2D eigenvalue weighted by molar-refractivity contribution is 5.83. The molecule has 1 saturated heterocycles. The number of hydrogen-bond donors (Lipinski definition) is 2. The summed E-state index contributed by atoms with van der Waals surface area (Å²) in [6.45, 7) is 5.45. The number of rotatable bonds is 8. The zero-order chi connectivity index (χ0) is 16.5. The fourth-order valence-electron chi connectivity index (χ4n) is 3.12. The number of ether oxygens (including phenoxy) is 2. The Bertz CT molecular complexity index is 493. The lowest BCUT2D eigenvalue weighted by atomic mass is 9.78. The van der Waals surface area contributed by atoms with E-state index in [0.717, 1.165) is 43.7 Å². The molecule has 2 rings (SSSR count).